The molecular weight excluding hydrogens is 398 g/mol. The van der Waals surface area contributed by atoms with Crippen molar-refractivity contribution < 1.29 is 9.53 Å². The van der Waals surface area contributed by atoms with Crippen LogP contribution in [0, 0.1) is 19.8 Å². The molecule has 2 heterocycles. The molecule has 162 valence electrons. The van der Waals surface area contributed by atoms with Gasteiger partial charge in [0.15, 0.2) is 0 Å². The first-order valence-corrected chi connectivity index (χ1v) is 11.0. The summed E-state index contributed by atoms with van der Waals surface area (Å²) in [5.74, 6) is -0.0448. The van der Waals surface area contributed by atoms with E-state index in [9.17, 15) is 4.79 Å². The van der Waals surface area contributed by atoms with Crippen molar-refractivity contribution in [3.63, 3.8) is 0 Å². The van der Waals surface area contributed by atoms with E-state index in [0.717, 1.165) is 46.9 Å². The van der Waals surface area contributed by atoms with E-state index in [1.807, 2.05) is 45.9 Å². The number of morpholine rings is 1. The highest BCUT2D eigenvalue weighted by Gasteiger charge is 2.24. The Morgan fingerprint density at radius 2 is 1.77 bits per heavy atom. The van der Waals surface area contributed by atoms with Gasteiger partial charge in [0.1, 0.15) is 0 Å². The number of carbonyl (C=O) groups is 1. The summed E-state index contributed by atoms with van der Waals surface area (Å²) < 4.78 is 5.88. The van der Waals surface area contributed by atoms with Gasteiger partial charge in [-0.05, 0) is 63.1 Å². The number of nitrogens with zero attached hydrogens (tertiary/aromatic N) is 2. The maximum absolute atomic E-state index is 12.2. The number of carbonyl (C=O) groups excluding carboxylic acids is 1. The number of benzene rings is 1. The molecule has 1 N–H and O–H groups in total. The van der Waals surface area contributed by atoms with Crippen molar-refractivity contribution in [2.45, 2.75) is 60.3 Å². The maximum Gasteiger partial charge on any atom is 0.222 e. The number of halogens is 1. The van der Waals surface area contributed by atoms with Gasteiger partial charge in [0.25, 0.3) is 0 Å². The van der Waals surface area contributed by atoms with Crippen molar-refractivity contribution in [2.75, 3.05) is 18.0 Å². The van der Waals surface area contributed by atoms with Crippen LogP contribution >= 0.6 is 11.6 Å². The first-order valence-electron chi connectivity index (χ1n) is 10.6. The van der Waals surface area contributed by atoms with E-state index in [-0.39, 0.29) is 24.0 Å². The first-order chi connectivity index (χ1) is 14.1. The van der Waals surface area contributed by atoms with Crippen molar-refractivity contribution in [3.8, 4) is 11.1 Å². The van der Waals surface area contributed by atoms with E-state index < -0.39 is 0 Å². The topological polar surface area (TPSA) is 54.5 Å². The second-order valence-corrected chi connectivity index (χ2v) is 9.04. The van der Waals surface area contributed by atoms with E-state index in [1.165, 1.54) is 0 Å². The Kier molecular flexibility index (Phi) is 7.04. The van der Waals surface area contributed by atoms with Gasteiger partial charge in [-0.15, -0.1) is 0 Å². The van der Waals surface area contributed by atoms with Crippen LogP contribution in [0.4, 0.5) is 5.69 Å². The number of rotatable bonds is 5. The number of amides is 1. The summed E-state index contributed by atoms with van der Waals surface area (Å²) in [5, 5.41) is 3.74. The molecule has 1 aromatic heterocycles. The summed E-state index contributed by atoms with van der Waals surface area (Å²) in [4.78, 5) is 19.0. The Bertz CT molecular complexity index is 899. The lowest BCUT2D eigenvalue weighted by molar-refractivity contribution is -0.124. The molecule has 0 unspecified atom stereocenters. The van der Waals surface area contributed by atoms with Crippen LogP contribution in [0.3, 0.4) is 0 Å². The van der Waals surface area contributed by atoms with Crippen LogP contribution in [0.1, 0.15) is 44.6 Å². The van der Waals surface area contributed by atoms with Crippen LogP contribution in [-0.4, -0.2) is 36.2 Å². The highest BCUT2D eigenvalue weighted by atomic mass is 35.5. The second kappa shape index (κ2) is 9.36. The molecule has 2 atom stereocenters. The van der Waals surface area contributed by atoms with Gasteiger partial charge >= 0.3 is 0 Å². The second-order valence-electron chi connectivity index (χ2n) is 8.64. The summed E-state index contributed by atoms with van der Waals surface area (Å²) in [5.41, 5.74) is 5.92. The first kappa shape index (κ1) is 22.6. The number of hydrogen-bond acceptors (Lipinski definition) is 4. The van der Waals surface area contributed by atoms with Crippen molar-refractivity contribution >= 4 is 23.2 Å². The van der Waals surface area contributed by atoms with Gasteiger partial charge < -0.3 is 15.0 Å². The molecule has 1 aliphatic rings. The molecule has 1 saturated heterocycles. The summed E-state index contributed by atoms with van der Waals surface area (Å²) in [6.45, 7) is 14.0. The van der Waals surface area contributed by atoms with Gasteiger partial charge in [0.2, 0.25) is 5.91 Å². The van der Waals surface area contributed by atoms with E-state index >= 15 is 0 Å². The van der Waals surface area contributed by atoms with Crippen molar-refractivity contribution in [1.29, 1.82) is 0 Å². The minimum absolute atomic E-state index is 0.0261. The lowest BCUT2D eigenvalue weighted by Crippen LogP contribution is -2.45. The van der Waals surface area contributed by atoms with Crippen LogP contribution in [0.25, 0.3) is 11.1 Å². The molecule has 6 heteroatoms. The molecule has 0 spiro atoms. The van der Waals surface area contributed by atoms with E-state index in [1.54, 1.807) is 0 Å². The van der Waals surface area contributed by atoms with Crippen LogP contribution in [0.5, 0.6) is 0 Å². The van der Waals surface area contributed by atoms with E-state index in [0.29, 0.717) is 11.6 Å². The van der Waals surface area contributed by atoms with Crippen molar-refractivity contribution in [1.82, 2.24) is 10.3 Å². The monoisotopic (exact) mass is 429 g/mol. The zero-order valence-electron chi connectivity index (χ0n) is 18.8. The van der Waals surface area contributed by atoms with Gasteiger partial charge in [-0.3, -0.25) is 9.78 Å². The van der Waals surface area contributed by atoms with Gasteiger partial charge in [0, 0.05) is 48.2 Å². The third-order valence-corrected chi connectivity index (χ3v) is 5.59. The summed E-state index contributed by atoms with van der Waals surface area (Å²) in [7, 11) is 0. The minimum atomic E-state index is -0.0709. The Balaban J connectivity index is 2.05. The fourth-order valence-electron chi connectivity index (χ4n) is 4.05. The molecule has 5 nitrogen and oxygen atoms in total. The van der Waals surface area contributed by atoms with Gasteiger partial charge in [-0.1, -0.05) is 25.4 Å². The lowest BCUT2D eigenvalue weighted by atomic mass is 9.97. The summed E-state index contributed by atoms with van der Waals surface area (Å²) in [6.07, 6.45) is 0.309. The third kappa shape index (κ3) is 5.32. The highest BCUT2D eigenvalue weighted by molar-refractivity contribution is 6.33. The minimum Gasteiger partial charge on any atom is -0.372 e. The van der Waals surface area contributed by atoms with Gasteiger partial charge in [-0.2, -0.15) is 0 Å². The maximum atomic E-state index is 12.2. The highest BCUT2D eigenvalue weighted by Crippen LogP contribution is 2.37. The molecule has 2 aromatic rings. The average molecular weight is 430 g/mol. The quantitative estimate of drug-likeness (QED) is 0.734. The average Bonchev–Trinajstić information content (AvgIpc) is 2.63. The Morgan fingerprint density at radius 3 is 2.33 bits per heavy atom. The molecule has 0 radical (unpaired) electrons. The Morgan fingerprint density at radius 1 is 1.17 bits per heavy atom. The zero-order valence-corrected chi connectivity index (χ0v) is 19.5. The van der Waals surface area contributed by atoms with Crippen molar-refractivity contribution in [3.05, 3.63) is 46.2 Å². The van der Waals surface area contributed by atoms with Crippen LogP contribution in [0.15, 0.2) is 24.3 Å². The van der Waals surface area contributed by atoms with Crippen LogP contribution in [0.2, 0.25) is 5.02 Å². The third-order valence-electron chi connectivity index (χ3n) is 5.29. The molecule has 1 fully saturated rings. The summed E-state index contributed by atoms with van der Waals surface area (Å²) >= 11 is 6.85. The molecule has 1 amide bonds. The molecule has 1 aliphatic heterocycles. The number of nitrogens with one attached hydrogen (secondary N) is 1. The number of pyridine rings is 1. The largest absolute Gasteiger partial charge is 0.372 e. The van der Waals surface area contributed by atoms with Crippen molar-refractivity contribution in [2.24, 2.45) is 5.92 Å². The molecular formula is C24H32ClN3O2. The molecule has 30 heavy (non-hydrogen) atoms. The molecule has 1 aromatic carbocycles. The Labute approximate surface area is 184 Å². The fraction of sp³-hybridized carbons (Fsp3) is 0.500. The SMILES string of the molecule is Cc1cc(-c2c(Cl)cc(N3C[C@@H](C)O[C@@H](C)C3)cc2CNC(=O)C(C)C)cc(C)n1. The number of ether oxygens (including phenoxy) is 1. The standard InChI is InChI=1S/C24H32ClN3O2/c1-14(2)24(29)26-11-20-9-21(28-12-17(5)30-18(6)13-28)10-22(25)23(20)19-7-15(3)27-16(4)8-19/h7-10,14,17-18H,11-13H2,1-6H3,(H,26,29)/t17-,18+. The predicted octanol–water partition coefficient (Wildman–Crippen LogP) is 4.90. The van der Waals surface area contributed by atoms with Gasteiger partial charge in [-0.25, -0.2) is 0 Å². The molecule has 0 aliphatic carbocycles. The van der Waals surface area contributed by atoms with Crippen LogP contribution in [-0.2, 0) is 16.1 Å². The number of anilines is 1. The predicted molar refractivity (Wildman–Crippen MR) is 123 cm³/mol. The zero-order chi connectivity index (χ0) is 22.0. The number of aromatic nitrogens is 1. The fourth-order valence-corrected chi connectivity index (χ4v) is 4.39. The van der Waals surface area contributed by atoms with Crippen LogP contribution < -0.4 is 10.2 Å². The molecule has 0 saturated carbocycles. The molecule has 0 bridgehead atoms. The Hall–Kier alpha value is -2.11. The summed E-state index contributed by atoms with van der Waals surface area (Å²) in [6, 6.07) is 8.26. The van der Waals surface area contributed by atoms with E-state index in [2.05, 4.69) is 35.1 Å². The number of hydrogen-bond donors (Lipinski definition) is 1. The number of aryl methyl sites for hydroxylation is 2. The normalized spacial score (nSPS) is 19.3. The molecule has 3 rings (SSSR count). The smallest absolute Gasteiger partial charge is 0.222 e. The van der Waals surface area contributed by atoms with E-state index in [4.69, 9.17) is 16.3 Å². The van der Waals surface area contributed by atoms with Gasteiger partial charge in [0.05, 0.1) is 17.2 Å². The lowest BCUT2D eigenvalue weighted by Gasteiger charge is -2.37.